The zero-order valence-electron chi connectivity index (χ0n) is 15.2. The van der Waals surface area contributed by atoms with Gasteiger partial charge in [0.15, 0.2) is 18.2 Å². The Labute approximate surface area is 172 Å². The lowest BCUT2D eigenvalue weighted by Gasteiger charge is -2.06. The number of hydrogen-bond donors (Lipinski definition) is 1. The fraction of sp³-hybridized carbons (Fsp3) is 0.158. The van der Waals surface area contributed by atoms with E-state index in [1.165, 1.54) is 30.7 Å². The van der Waals surface area contributed by atoms with E-state index in [-0.39, 0.29) is 16.3 Å². The minimum absolute atomic E-state index is 0.227. The predicted molar refractivity (Wildman–Crippen MR) is 108 cm³/mol. The van der Waals surface area contributed by atoms with Gasteiger partial charge in [-0.2, -0.15) is 0 Å². The molecule has 2 aromatic heterocycles. The van der Waals surface area contributed by atoms with E-state index in [9.17, 15) is 9.18 Å². The van der Waals surface area contributed by atoms with Crippen LogP contribution in [-0.2, 0) is 4.79 Å². The molecule has 0 spiro atoms. The van der Waals surface area contributed by atoms with Crippen LogP contribution >= 0.6 is 22.9 Å². The fourth-order valence-electron chi connectivity index (χ4n) is 2.85. The summed E-state index contributed by atoms with van der Waals surface area (Å²) in [6.07, 6.45) is 1.51. The molecule has 2 aromatic carbocycles. The third kappa shape index (κ3) is 3.54. The first-order chi connectivity index (χ1) is 13.9. The number of aryl methyl sites for hydroxylation is 1. The van der Waals surface area contributed by atoms with E-state index in [0.717, 1.165) is 11.1 Å². The van der Waals surface area contributed by atoms with Crippen molar-refractivity contribution in [3.63, 3.8) is 0 Å². The van der Waals surface area contributed by atoms with Gasteiger partial charge in [0.05, 0.1) is 29.0 Å². The van der Waals surface area contributed by atoms with Gasteiger partial charge in [-0.25, -0.2) is 24.1 Å². The number of nitrogens with zero attached hydrogens (tertiary/aromatic N) is 3. The highest BCUT2D eigenvalue weighted by molar-refractivity contribution is 7.21. The Hall–Kier alpha value is -3.04. The van der Waals surface area contributed by atoms with Crippen molar-refractivity contribution in [1.82, 2.24) is 15.0 Å². The van der Waals surface area contributed by atoms with Crippen molar-refractivity contribution in [2.75, 3.05) is 13.7 Å². The number of fused-ring (bicyclic) bond motifs is 2. The summed E-state index contributed by atoms with van der Waals surface area (Å²) in [5.74, 6) is -1.91. The zero-order valence-corrected chi connectivity index (χ0v) is 16.8. The van der Waals surface area contributed by atoms with Gasteiger partial charge in [-0.3, -0.25) is 0 Å². The van der Waals surface area contributed by atoms with E-state index < -0.39 is 18.4 Å². The van der Waals surface area contributed by atoms with Crippen molar-refractivity contribution in [3.8, 4) is 22.2 Å². The van der Waals surface area contributed by atoms with Gasteiger partial charge in [-0.05, 0) is 24.6 Å². The summed E-state index contributed by atoms with van der Waals surface area (Å²) in [5.41, 5.74) is 3.19. The fourth-order valence-corrected chi connectivity index (χ4v) is 4.16. The van der Waals surface area contributed by atoms with Crippen LogP contribution in [-0.4, -0.2) is 39.7 Å². The van der Waals surface area contributed by atoms with Crippen LogP contribution in [0.25, 0.3) is 31.8 Å². The molecule has 1 N–H and O–H groups in total. The maximum atomic E-state index is 14.5. The maximum Gasteiger partial charge on any atom is 0.341 e. The topological polar surface area (TPSA) is 94.4 Å². The van der Waals surface area contributed by atoms with E-state index in [2.05, 4.69) is 15.0 Å². The summed E-state index contributed by atoms with van der Waals surface area (Å²) >= 11 is 7.40. The van der Waals surface area contributed by atoms with Gasteiger partial charge < -0.3 is 14.6 Å². The summed E-state index contributed by atoms with van der Waals surface area (Å²) < 4.78 is 25.2. The number of hydrogen-bond acceptors (Lipinski definition) is 7. The minimum atomic E-state index is -1.22. The normalized spacial score (nSPS) is 11.2. The molecule has 0 atom stereocenters. The molecular formula is C19H13ClFN3O4S. The average Bonchev–Trinajstić information content (AvgIpc) is 3.12. The quantitative estimate of drug-likeness (QED) is 0.495. The first-order valence-electron chi connectivity index (χ1n) is 8.32. The molecule has 29 heavy (non-hydrogen) atoms. The number of carboxylic acids is 1. The summed E-state index contributed by atoms with van der Waals surface area (Å²) in [5, 5.41) is 9.10. The molecule has 0 fully saturated rings. The van der Waals surface area contributed by atoms with Crippen LogP contribution in [0.15, 0.2) is 24.4 Å². The molecule has 10 heteroatoms. The minimum Gasteiger partial charge on any atom is -0.480 e. The Kier molecular flexibility index (Phi) is 4.93. The van der Waals surface area contributed by atoms with Gasteiger partial charge in [0.1, 0.15) is 15.5 Å². The van der Waals surface area contributed by atoms with Crippen molar-refractivity contribution >= 4 is 50.2 Å². The van der Waals surface area contributed by atoms with E-state index in [4.69, 9.17) is 26.2 Å². The van der Waals surface area contributed by atoms with Crippen LogP contribution in [0, 0.1) is 12.7 Å². The molecule has 4 aromatic rings. The second kappa shape index (κ2) is 7.41. The average molecular weight is 434 g/mol. The van der Waals surface area contributed by atoms with Crippen LogP contribution < -0.4 is 9.47 Å². The molecule has 0 aliphatic rings. The zero-order chi connectivity index (χ0) is 20.7. The number of aromatic nitrogens is 3. The van der Waals surface area contributed by atoms with Crippen molar-refractivity contribution < 1.29 is 23.8 Å². The lowest BCUT2D eigenvalue weighted by atomic mass is 10.1. The number of halogens is 2. The SMILES string of the molecule is COc1cnc2c(-c3nc4c(Cl)c(F)c(OCC(=O)O)cc4s3)cc(C)cc2n1. The smallest absolute Gasteiger partial charge is 0.341 e. The summed E-state index contributed by atoms with van der Waals surface area (Å²) in [7, 11) is 1.51. The van der Waals surface area contributed by atoms with E-state index in [0.29, 0.717) is 26.6 Å². The summed E-state index contributed by atoms with van der Waals surface area (Å²) in [6.45, 7) is 1.24. The summed E-state index contributed by atoms with van der Waals surface area (Å²) in [6, 6.07) is 5.19. The molecule has 0 saturated carbocycles. The third-order valence-corrected chi connectivity index (χ3v) is 5.47. The molecule has 0 bridgehead atoms. The number of ether oxygens (including phenoxy) is 2. The maximum absolute atomic E-state index is 14.5. The number of aliphatic carboxylic acids is 1. The Morgan fingerprint density at radius 2 is 2.07 bits per heavy atom. The second-order valence-electron chi connectivity index (χ2n) is 6.14. The van der Waals surface area contributed by atoms with Gasteiger partial charge in [-0.1, -0.05) is 11.6 Å². The monoisotopic (exact) mass is 433 g/mol. The van der Waals surface area contributed by atoms with Gasteiger partial charge >= 0.3 is 5.97 Å². The number of carbonyl (C=O) groups is 1. The number of thiazole rings is 1. The molecule has 0 amide bonds. The second-order valence-corrected chi connectivity index (χ2v) is 7.55. The highest BCUT2D eigenvalue weighted by Crippen LogP contribution is 2.40. The number of methoxy groups -OCH3 is 1. The molecule has 7 nitrogen and oxygen atoms in total. The number of carboxylic acid groups (broad SMARTS) is 1. The molecule has 148 valence electrons. The lowest BCUT2D eigenvalue weighted by Crippen LogP contribution is -2.10. The Morgan fingerprint density at radius 1 is 1.28 bits per heavy atom. The predicted octanol–water partition coefficient (Wildman–Crippen LogP) is 4.48. The van der Waals surface area contributed by atoms with Crippen LogP contribution in [0.3, 0.4) is 0 Å². The highest BCUT2D eigenvalue weighted by atomic mass is 35.5. The molecule has 4 rings (SSSR count). The molecule has 0 aliphatic heterocycles. The van der Waals surface area contributed by atoms with Crippen molar-refractivity contribution in [2.45, 2.75) is 6.92 Å². The third-order valence-electron chi connectivity index (χ3n) is 4.09. The van der Waals surface area contributed by atoms with Gasteiger partial charge in [-0.15, -0.1) is 11.3 Å². The Balaban J connectivity index is 1.89. The van der Waals surface area contributed by atoms with Crippen LogP contribution in [0.5, 0.6) is 11.6 Å². The first kappa shape index (κ1) is 19.3. The van der Waals surface area contributed by atoms with Crippen molar-refractivity contribution in [3.05, 3.63) is 40.8 Å². The standard InChI is InChI=1S/C19H13ClFN3O4S/c1-8-3-9(17-10(4-8)23-13(27-2)6-22-17)19-24-18-12(29-19)5-11(16(21)15(18)20)28-7-14(25)26/h3-6H,7H2,1-2H3,(H,25,26). The molecule has 0 unspecified atom stereocenters. The largest absolute Gasteiger partial charge is 0.480 e. The van der Waals surface area contributed by atoms with Crippen LogP contribution in [0.2, 0.25) is 5.02 Å². The molecule has 0 radical (unpaired) electrons. The van der Waals surface area contributed by atoms with Gasteiger partial charge in [0.2, 0.25) is 5.88 Å². The Bertz CT molecular complexity index is 1280. The van der Waals surface area contributed by atoms with Crippen LogP contribution in [0.4, 0.5) is 4.39 Å². The van der Waals surface area contributed by atoms with Crippen LogP contribution in [0.1, 0.15) is 5.56 Å². The molecule has 0 saturated heterocycles. The van der Waals surface area contributed by atoms with Crippen molar-refractivity contribution in [1.29, 1.82) is 0 Å². The highest BCUT2D eigenvalue weighted by Gasteiger charge is 2.20. The number of benzene rings is 2. The van der Waals surface area contributed by atoms with Gasteiger partial charge in [0, 0.05) is 11.6 Å². The molecule has 0 aliphatic carbocycles. The van der Waals surface area contributed by atoms with E-state index in [1.54, 1.807) is 0 Å². The van der Waals surface area contributed by atoms with E-state index in [1.807, 2.05) is 19.1 Å². The van der Waals surface area contributed by atoms with Crippen molar-refractivity contribution in [2.24, 2.45) is 0 Å². The molecular weight excluding hydrogens is 421 g/mol. The molecule has 2 heterocycles. The lowest BCUT2D eigenvalue weighted by molar-refractivity contribution is -0.139. The van der Waals surface area contributed by atoms with E-state index >= 15 is 0 Å². The number of rotatable bonds is 5. The summed E-state index contributed by atoms with van der Waals surface area (Å²) in [4.78, 5) is 24.0. The van der Waals surface area contributed by atoms with Gasteiger partial charge in [0.25, 0.3) is 0 Å². The Morgan fingerprint density at radius 3 is 2.79 bits per heavy atom. The first-order valence-corrected chi connectivity index (χ1v) is 9.51.